The van der Waals surface area contributed by atoms with Crippen molar-refractivity contribution in [2.45, 2.75) is 6.04 Å². The Morgan fingerprint density at radius 1 is 1.41 bits per heavy atom. The predicted molar refractivity (Wildman–Crippen MR) is 70.4 cm³/mol. The lowest BCUT2D eigenvalue weighted by Gasteiger charge is -2.34. The number of hydrogen-bond acceptors (Lipinski definition) is 5. The van der Waals surface area contributed by atoms with E-state index >= 15 is 0 Å². The molecule has 6 heteroatoms. The lowest BCUT2D eigenvalue weighted by molar-refractivity contribution is 0.0834. The van der Waals surface area contributed by atoms with E-state index in [1.165, 1.54) is 0 Å². The van der Waals surface area contributed by atoms with Crippen LogP contribution in [0.15, 0.2) is 21.2 Å². The molecule has 1 atom stereocenters. The summed E-state index contributed by atoms with van der Waals surface area (Å²) >= 11 is 3.31. The van der Waals surface area contributed by atoms with Crippen LogP contribution >= 0.6 is 15.9 Å². The van der Waals surface area contributed by atoms with Crippen molar-refractivity contribution in [1.29, 1.82) is 0 Å². The summed E-state index contributed by atoms with van der Waals surface area (Å²) in [6, 6.07) is 3.89. The highest BCUT2D eigenvalue weighted by Crippen LogP contribution is 2.20. The molecule has 96 valence electrons. The van der Waals surface area contributed by atoms with E-state index in [1.807, 2.05) is 12.1 Å². The third-order valence-corrected chi connectivity index (χ3v) is 3.44. The van der Waals surface area contributed by atoms with Crippen LogP contribution in [0.2, 0.25) is 0 Å². The first-order valence-corrected chi connectivity index (χ1v) is 6.63. The molecule has 5 nitrogen and oxygen atoms in total. The van der Waals surface area contributed by atoms with Crippen LogP contribution in [0, 0.1) is 0 Å². The fourth-order valence-corrected chi connectivity index (χ4v) is 2.22. The number of halogens is 1. The van der Waals surface area contributed by atoms with Gasteiger partial charge in [0.2, 0.25) is 0 Å². The molecule has 1 fully saturated rings. The van der Waals surface area contributed by atoms with Gasteiger partial charge < -0.3 is 15.1 Å². The zero-order chi connectivity index (χ0) is 12.3. The second-order valence-electron chi connectivity index (χ2n) is 4.35. The Bertz CT molecular complexity index is 349. The fourth-order valence-electron chi connectivity index (χ4n) is 1.90. The molecule has 3 N–H and O–H groups in total. The molecule has 0 spiro atoms. The molecular formula is C11H19BrN4O. The smallest absolute Gasteiger partial charge is 0.169 e. The van der Waals surface area contributed by atoms with Crippen LogP contribution < -0.4 is 11.2 Å². The first-order valence-electron chi connectivity index (χ1n) is 5.84. The zero-order valence-electron chi connectivity index (χ0n) is 10.0. The van der Waals surface area contributed by atoms with Gasteiger partial charge in [0, 0.05) is 32.7 Å². The maximum absolute atomic E-state index is 5.78. The fraction of sp³-hybridized carbons (Fsp3) is 0.636. The number of nitrogens with two attached hydrogens (primary N) is 1. The third-order valence-electron chi connectivity index (χ3n) is 3.01. The van der Waals surface area contributed by atoms with E-state index in [4.69, 9.17) is 10.2 Å². The lowest BCUT2D eigenvalue weighted by Crippen LogP contribution is -2.52. The Kier molecular flexibility index (Phi) is 4.58. The van der Waals surface area contributed by atoms with Crippen molar-refractivity contribution in [3.8, 4) is 0 Å². The average molecular weight is 303 g/mol. The topological polar surface area (TPSA) is 57.7 Å². The van der Waals surface area contributed by atoms with Crippen molar-refractivity contribution in [3.63, 3.8) is 0 Å². The van der Waals surface area contributed by atoms with Crippen molar-refractivity contribution in [1.82, 2.24) is 15.3 Å². The Hall–Kier alpha value is -0.400. The summed E-state index contributed by atoms with van der Waals surface area (Å²) in [5, 5.41) is 2.22. The summed E-state index contributed by atoms with van der Waals surface area (Å²) in [7, 11) is 2.14. The van der Waals surface area contributed by atoms with Crippen LogP contribution in [0.4, 0.5) is 0 Å². The molecule has 0 bridgehead atoms. The lowest BCUT2D eigenvalue weighted by atomic mass is 10.2. The highest BCUT2D eigenvalue weighted by Gasteiger charge is 2.19. The molecule has 2 rings (SSSR count). The van der Waals surface area contributed by atoms with Crippen molar-refractivity contribution in [3.05, 3.63) is 22.6 Å². The number of nitrogens with zero attached hydrogens (tertiary/aromatic N) is 2. The van der Waals surface area contributed by atoms with E-state index in [-0.39, 0.29) is 6.04 Å². The van der Waals surface area contributed by atoms with Gasteiger partial charge in [0.05, 0.1) is 6.04 Å². The van der Waals surface area contributed by atoms with Crippen molar-refractivity contribution in [2.75, 3.05) is 39.8 Å². The highest BCUT2D eigenvalue weighted by atomic mass is 79.9. The Morgan fingerprint density at radius 2 is 2.12 bits per heavy atom. The molecule has 0 amide bonds. The van der Waals surface area contributed by atoms with E-state index in [0.29, 0.717) is 6.54 Å². The van der Waals surface area contributed by atoms with E-state index in [1.54, 1.807) is 0 Å². The minimum Gasteiger partial charge on any atom is -0.453 e. The Morgan fingerprint density at radius 3 is 2.65 bits per heavy atom. The standard InChI is InChI=1S/C11H19BrN4O/c1-15-4-6-16(7-5-15)14-9(8-13)10-2-3-11(12)17-10/h2-3,9,14H,4-8,13H2,1H3. The first kappa shape index (κ1) is 13.0. The van der Waals surface area contributed by atoms with E-state index in [0.717, 1.165) is 36.6 Å². The summed E-state index contributed by atoms with van der Waals surface area (Å²) in [6.45, 7) is 4.69. The molecule has 1 unspecified atom stereocenters. The zero-order valence-corrected chi connectivity index (χ0v) is 11.6. The average Bonchev–Trinajstić information content (AvgIpc) is 2.75. The molecular weight excluding hydrogens is 284 g/mol. The van der Waals surface area contributed by atoms with Gasteiger partial charge in [0.15, 0.2) is 4.67 Å². The number of rotatable bonds is 4. The number of piperazine rings is 1. The minimum atomic E-state index is 0.0460. The van der Waals surface area contributed by atoms with Crippen molar-refractivity contribution < 1.29 is 4.42 Å². The van der Waals surface area contributed by atoms with Crippen LogP contribution in [0.3, 0.4) is 0 Å². The first-order chi connectivity index (χ1) is 8.19. The molecule has 0 radical (unpaired) electrons. The monoisotopic (exact) mass is 302 g/mol. The van der Waals surface area contributed by atoms with Crippen LogP contribution in [-0.2, 0) is 0 Å². The van der Waals surface area contributed by atoms with Gasteiger partial charge in [-0.3, -0.25) is 0 Å². The molecule has 1 aromatic rings. The van der Waals surface area contributed by atoms with Crippen molar-refractivity contribution >= 4 is 15.9 Å². The third kappa shape index (κ3) is 3.53. The second kappa shape index (κ2) is 5.97. The summed E-state index contributed by atoms with van der Waals surface area (Å²) in [6.07, 6.45) is 0. The van der Waals surface area contributed by atoms with Gasteiger partial charge in [0.25, 0.3) is 0 Å². The van der Waals surface area contributed by atoms with Crippen LogP contribution in [0.5, 0.6) is 0 Å². The normalized spacial score (nSPS) is 20.6. The molecule has 0 aromatic carbocycles. The minimum absolute atomic E-state index is 0.0460. The molecule has 1 aliphatic rings. The maximum atomic E-state index is 5.78. The van der Waals surface area contributed by atoms with Gasteiger partial charge in [-0.1, -0.05) is 0 Å². The van der Waals surface area contributed by atoms with Gasteiger partial charge >= 0.3 is 0 Å². The summed E-state index contributed by atoms with van der Waals surface area (Å²) < 4.78 is 6.28. The number of likely N-dealkylation sites (N-methyl/N-ethyl adjacent to an activating group) is 1. The number of nitrogens with one attached hydrogen (secondary N) is 1. The molecule has 0 saturated carbocycles. The van der Waals surface area contributed by atoms with E-state index in [9.17, 15) is 0 Å². The maximum Gasteiger partial charge on any atom is 0.169 e. The van der Waals surface area contributed by atoms with Gasteiger partial charge in [-0.2, -0.15) is 0 Å². The summed E-state index contributed by atoms with van der Waals surface area (Å²) in [4.78, 5) is 2.32. The van der Waals surface area contributed by atoms with Gasteiger partial charge in [0.1, 0.15) is 5.76 Å². The summed E-state index contributed by atoms with van der Waals surface area (Å²) in [5.41, 5.74) is 9.21. The van der Waals surface area contributed by atoms with E-state index in [2.05, 4.69) is 38.3 Å². The molecule has 1 aromatic heterocycles. The number of hydrogen-bond donors (Lipinski definition) is 2. The molecule has 1 aliphatic heterocycles. The number of furan rings is 1. The summed E-state index contributed by atoms with van der Waals surface area (Å²) in [5.74, 6) is 0.873. The van der Waals surface area contributed by atoms with Crippen molar-refractivity contribution in [2.24, 2.45) is 5.73 Å². The second-order valence-corrected chi connectivity index (χ2v) is 5.13. The largest absolute Gasteiger partial charge is 0.453 e. The SMILES string of the molecule is CN1CCN(NC(CN)c2ccc(Br)o2)CC1. The molecule has 17 heavy (non-hydrogen) atoms. The van der Waals surface area contributed by atoms with E-state index < -0.39 is 0 Å². The van der Waals surface area contributed by atoms with Gasteiger partial charge in [-0.15, -0.1) is 0 Å². The van der Waals surface area contributed by atoms with Crippen LogP contribution in [0.25, 0.3) is 0 Å². The molecule has 0 aliphatic carbocycles. The predicted octanol–water partition coefficient (Wildman–Crippen LogP) is 0.794. The van der Waals surface area contributed by atoms with Gasteiger partial charge in [-0.25, -0.2) is 10.4 Å². The molecule has 1 saturated heterocycles. The quantitative estimate of drug-likeness (QED) is 0.861. The Balaban J connectivity index is 1.91. The molecule has 2 heterocycles. The number of hydrazine groups is 1. The van der Waals surface area contributed by atoms with Crippen LogP contribution in [0.1, 0.15) is 11.8 Å². The van der Waals surface area contributed by atoms with Gasteiger partial charge in [-0.05, 0) is 35.1 Å². The Labute approximate surface area is 110 Å². The van der Waals surface area contributed by atoms with Crippen LogP contribution in [-0.4, -0.2) is 49.7 Å². The highest BCUT2D eigenvalue weighted by molar-refractivity contribution is 9.10.